The number of hydrogen-bond donors (Lipinski definition) is 2. The number of anilines is 1. The van der Waals surface area contributed by atoms with Gasteiger partial charge in [0.2, 0.25) is 0 Å². The molecule has 0 spiro atoms. The Morgan fingerprint density at radius 1 is 1.33 bits per heavy atom. The zero-order valence-corrected chi connectivity index (χ0v) is 9.28. The van der Waals surface area contributed by atoms with Gasteiger partial charge in [-0.15, -0.1) is 0 Å². The number of aromatic nitrogens is 2. The zero-order chi connectivity index (χ0) is 10.7. The lowest BCUT2D eigenvalue weighted by Gasteiger charge is -2.02. The van der Waals surface area contributed by atoms with Gasteiger partial charge in [0.05, 0.1) is 0 Å². The molecule has 4 nitrogen and oxygen atoms in total. The Balaban J connectivity index is 2.09. The van der Waals surface area contributed by atoms with Gasteiger partial charge in [-0.2, -0.15) is 0 Å². The highest BCUT2D eigenvalue weighted by molar-refractivity contribution is 9.10. The van der Waals surface area contributed by atoms with Crippen molar-refractivity contribution in [3.8, 4) is 0 Å². The summed E-state index contributed by atoms with van der Waals surface area (Å²) in [6.45, 7) is 0. The summed E-state index contributed by atoms with van der Waals surface area (Å²) in [4.78, 5) is 18.1. The number of amides is 1. The molecule has 15 heavy (non-hydrogen) atoms. The second kappa shape index (κ2) is 4.27. The third-order valence-electron chi connectivity index (χ3n) is 1.82. The summed E-state index contributed by atoms with van der Waals surface area (Å²) in [6.07, 6.45) is 3.15. The molecule has 1 heterocycles. The average molecular weight is 266 g/mol. The highest BCUT2D eigenvalue weighted by Gasteiger charge is 2.07. The summed E-state index contributed by atoms with van der Waals surface area (Å²) in [5, 5.41) is 2.72. The van der Waals surface area contributed by atoms with Crippen molar-refractivity contribution in [3.63, 3.8) is 0 Å². The Morgan fingerprint density at radius 2 is 2.07 bits per heavy atom. The molecule has 0 bridgehead atoms. The van der Waals surface area contributed by atoms with Gasteiger partial charge in [0.15, 0.2) is 5.82 Å². The average Bonchev–Trinajstić information content (AvgIpc) is 2.74. The number of nitrogens with one attached hydrogen (secondary N) is 2. The molecule has 1 aromatic carbocycles. The van der Waals surface area contributed by atoms with Gasteiger partial charge < -0.3 is 10.3 Å². The standard InChI is InChI=1S/C10H8BrN3O/c11-7-1-3-8(4-2-7)14-10(15)9-12-5-6-13-9/h1-6H,(H,12,13)(H,14,15). The van der Waals surface area contributed by atoms with Gasteiger partial charge >= 0.3 is 0 Å². The van der Waals surface area contributed by atoms with E-state index in [4.69, 9.17) is 0 Å². The molecule has 5 heteroatoms. The number of halogens is 1. The van der Waals surface area contributed by atoms with Crippen LogP contribution in [0.1, 0.15) is 10.6 Å². The first-order valence-corrected chi connectivity index (χ1v) is 5.11. The molecule has 0 unspecified atom stereocenters. The molecular weight excluding hydrogens is 258 g/mol. The smallest absolute Gasteiger partial charge is 0.291 e. The normalized spacial score (nSPS) is 9.93. The summed E-state index contributed by atoms with van der Waals surface area (Å²) < 4.78 is 0.971. The fraction of sp³-hybridized carbons (Fsp3) is 0. The molecular formula is C10H8BrN3O. The van der Waals surface area contributed by atoms with Crippen LogP contribution in [-0.2, 0) is 0 Å². The predicted octanol–water partition coefficient (Wildman–Crippen LogP) is 2.42. The second-order valence-corrected chi connectivity index (χ2v) is 3.81. The van der Waals surface area contributed by atoms with Gasteiger partial charge in [0, 0.05) is 22.6 Å². The number of rotatable bonds is 2. The molecule has 0 aliphatic carbocycles. The highest BCUT2D eigenvalue weighted by Crippen LogP contribution is 2.14. The third kappa shape index (κ3) is 2.44. The predicted molar refractivity (Wildman–Crippen MR) is 60.7 cm³/mol. The van der Waals surface area contributed by atoms with E-state index in [1.165, 1.54) is 6.20 Å². The zero-order valence-electron chi connectivity index (χ0n) is 7.70. The molecule has 2 aromatic rings. The minimum Gasteiger partial charge on any atom is -0.341 e. The topological polar surface area (TPSA) is 57.8 Å². The molecule has 1 amide bonds. The number of benzene rings is 1. The van der Waals surface area contributed by atoms with Crippen molar-refractivity contribution in [2.24, 2.45) is 0 Å². The minimum atomic E-state index is -0.248. The van der Waals surface area contributed by atoms with E-state index in [9.17, 15) is 4.79 Å². The molecule has 2 rings (SSSR count). The second-order valence-electron chi connectivity index (χ2n) is 2.90. The third-order valence-corrected chi connectivity index (χ3v) is 2.34. The quantitative estimate of drug-likeness (QED) is 0.877. The number of hydrogen-bond acceptors (Lipinski definition) is 2. The first-order valence-electron chi connectivity index (χ1n) is 4.32. The summed E-state index contributed by atoms with van der Waals surface area (Å²) in [7, 11) is 0. The molecule has 0 aliphatic heterocycles. The van der Waals surface area contributed by atoms with E-state index in [0.717, 1.165) is 10.2 Å². The van der Waals surface area contributed by atoms with Crippen molar-refractivity contribution in [1.82, 2.24) is 9.97 Å². The van der Waals surface area contributed by atoms with E-state index in [1.54, 1.807) is 6.20 Å². The molecule has 0 atom stereocenters. The first kappa shape index (κ1) is 9.92. The first-order chi connectivity index (χ1) is 7.25. The number of aromatic amines is 1. The van der Waals surface area contributed by atoms with E-state index in [2.05, 4.69) is 31.2 Å². The molecule has 0 saturated carbocycles. The number of carbonyl (C=O) groups excluding carboxylic acids is 1. The van der Waals surface area contributed by atoms with Crippen molar-refractivity contribution >= 4 is 27.5 Å². The Labute approximate surface area is 94.9 Å². The van der Waals surface area contributed by atoms with Crippen LogP contribution in [0.3, 0.4) is 0 Å². The maximum absolute atomic E-state index is 11.5. The molecule has 0 radical (unpaired) electrons. The van der Waals surface area contributed by atoms with Crippen LogP contribution < -0.4 is 5.32 Å². The number of H-pyrrole nitrogens is 1. The van der Waals surface area contributed by atoms with Gasteiger partial charge in [0.1, 0.15) is 0 Å². The van der Waals surface area contributed by atoms with Crippen LogP contribution in [0.5, 0.6) is 0 Å². The van der Waals surface area contributed by atoms with E-state index >= 15 is 0 Å². The van der Waals surface area contributed by atoms with Crippen molar-refractivity contribution in [2.75, 3.05) is 5.32 Å². The van der Waals surface area contributed by atoms with Crippen molar-refractivity contribution in [2.45, 2.75) is 0 Å². The van der Waals surface area contributed by atoms with Crippen molar-refractivity contribution in [3.05, 3.63) is 47.0 Å². The van der Waals surface area contributed by atoms with Crippen LogP contribution in [0.15, 0.2) is 41.1 Å². The van der Waals surface area contributed by atoms with E-state index in [0.29, 0.717) is 5.82 Å². The van der Waals surface area contributed by atoms with Gasteiger partial charge in [-0.25, -0.2) is 4.98 Å². The van der Waals surface area contributed by atoms with E-state index < -0.39 is 0 Å². The van der Waals surface area contributed by atoms with Crippen LogP contribution >= 0.6 is 15.9 Å². The van der Waals surface area contributed by atoms with E-state index in [1.807, 2.05) is 24.3 Å². The molecule has 2 N–H and O–H groups in total. The number of nitrogens with zero attached hydrogens (tertiary/aromatic N) is 1. The lowest BCUT2D eigenvalue weighted by Crippen LogP contribution is -2.13. The summed E-state index contributed by atoms with van der Waals surface area (Å²) in [6, 6.07) is 7.34. The molecule has 0 saturated heterocycles. The molecule has 0 aliphatic rings. The molecule has 76 valence electrons. The number of carbonyl (C=O) groups is 1. The van der Waals surface area contributed by atoms with Gasteiger partial charge in [-0.3, -0.25) is 4.79 Å². The summed E-state index contributed by atoms with van der Waals surface area (Å²) in [5.41, 5.74) is 0.736. The monoisotopic (exact) mass is 265 g/mol. The van der Waals surface area contributed by atoms with Crippen LogP contribution in [0, 0.1) is 0 Å². The fourth-order valence-electron chi connectivity index (χ4n) is 1.11. The maximum atomic E-state index is 11.5. The lowest BCUT2D eigenvalue weighted by atomic mass is 10.3. The Kier molecular flexibility index (Phi) is 2.82. The van der Waals surface area contributed by atoms with Crippen molar-refractivity contribution in [1.29, 1.82) is 0 Å². The molecule has 0 fully saturated rings. The van der Waals surface area contributed by atoms with Crippen molar-refractivity contribution < 1.29 is 4.79 Å². The van der Waals surface area contributed by atoms with E-state index in [-0.39, 0.29) is 5.91 Å². The Bertz CT molecular complexity index is 450. The summed E-state index contributed by atoms with van der Waals surface area (Å²) in [5.74, 6) is 0.0558. The largest absolute Gasteiger partial charge is 0.341 e. The van der Waals surface area contributed by atoms with Crippen LogP contribution in [0.2, 0.25) is 0 Å². The molecule has 1 aromatic heterocycles. The highest BCUT2D eigenvalue weighted by atomic mass is 79.9. The van der Waals surface area contributed by atoms with Crippen LogP contribution in [-0.4, -0.2) is 15.9 Å². The SMILES string of the molecule is O=C(Nc1ccc(Br)cc1)c1ncc[nH]1. The number of imidazole rings is 1. The Hall–Kier alpha value is -1.62. The van der Waals surface area contributed by atoms with Gasteiger partial charge in [-0.05, 0) is 24.3 Å². The van der Waals surface area contributed by atoms with Gasteiger partial charge in [-0.1, -0.05) is 15.9 Å². The van der Waals surface area contributed by atoms with Crippen LogP contribution in [0.4, 0.5) is 5.69 Å². The minimum absolute atomic E-state index is 0.248. The summed E-state index contributed by atoms with van der Waals surface area (Å²) >= 11 is 3.32. The lowest BCUT2D eigenvalue weighted by molar-refractivity contribution is 0.101. The van der Waals surface area contributed by atoms with Gasteiger partial charge in [0.25, 0.3) is 5.91 Å². The maximum Gasteiger partial charge on any atom is 0.291 e. The fourth-order valence-corrected chi connectivity index (χ4v) is 1.38. The van der Waals surface area contributed by atoms with Crippen LogP contribution in [0.25, 0.3) is 0 Å². The Morgan fingerprint density at radius 3 is 2.67 bits per heavy atom.